The van der Waals surface area contributed by atoms with Gasteiger partial charge in [-0.25, -0.2) is 9.59 Å². The number of nitrogens with zero attached hydrogens (tertiary/aromatic N) is 2. The van der Waals surface area contributed by atoms with Crippen LogP contribution in [-0.4, -0.2) is 34.6 Å². The van der Waals surface area contributed by atoms with Gasteiger partial charge in [0.1, 0.15) is 23.0 Å². The number of rotatable bonds is 8. The Morgan fingerprint density at radius 1 is 0.524 bits per heavy atom. The highest BCUT2D eigenvalue weighted by molar-refractivity contribution is 5.93. The van der Waals surface area contributed by atoms with E-state index in [-0.39, 0.29) is 23.0 Å². The van der Waals surface area contributed by atoms with Crippen molar-refractivity contribution in [3.63, 3.8) is 0 Å². The zero-order chi connectivity index (χ0) is 29.3. The van der Waals surface area contributed by atoms with Gasteiger partial charge in [-0.1, -0.05) is 48.5 Å². The van der Waals surface area contributed by atoms with E-state index in [0.717, 1.165) is 0 Å². The first-order valence-corrected chi connectivity index (χ1v) is 12.8. The molecule has 0 saturated carbocycles. The van der Waals surface area contributed by atoms with E-state index < -0.39 is 11.9 Å². The Hall–Kier alpha value is -6.02. The highest BCUT2D eigenvalue weighted by atomic mass is 16.5. The summed E-state index contributed by atoms with van der Waals surface area (Å²) < 4.78 is 10.9. The number of hydrogen-bond donors (Lipinski definition) is 2. The van der Waals surface area contributed by atoms with Crippen LogP contribution in [0, 0.1) is 0 Å². The second kappa shape index (κ2) is 12.9. The Bertz CT molecular complexity index is 1650. The van der Waals surface area contributed by atoms with Crippen LogP contribution < -0.4 is 9.47 Å². The fraction of sp³-hybridized carbons (Fsp3) is 0. The summed E-state index contributed by atoms with van der Waals surface area (Å²) in [7, 11) is 0. The molecule has 5 aromatic rings. The minimum Gasteiger partial charge on any atom is -0.507 e. The molecule has 0 heterocycles. The molecule has 0 bridgehead atoms. The molecular weight excluding hydrogens is 532 g/mol. The van der Waals surface area contributed by atoms with E-state index in [2.05, 4.69) is 9.98 Å². The largest absolute Gasteiger partial charge is 0.507 e. The molecule has 0 unspecified atom stereocenters. The molecule has 0 radical (unpaired) electrons. The Morgan fingerprint density at radius 2 is 0.905 bits per heavy atom. The molecule has 42 heavy (non-hydrogen) atoms. The summed E-state index contributed by atoms with van der Waals surface area (Å²) in [5.41, 5.74) is 2.42. The fourth-order valence-corrected chi connectivity index (χ4v) is 3.84. The molecule has 0 aliphatic heterocycles. The smallest absolute Gasteiger partial charge is 0.343 e. The monoisotopic (exact) mass is 556 g/mol. The van der Waals surface area contributed by atoms with Gasteiger partial charge in [-0.15, -0.1) is 0 Å². The molecule has 5 aromatic carbocycles. The van der Waals surface area contributed by atoms with Gasteiger partial charge >= 0.3 is 11.9 Å². The van der Waals surface area contributed by atoms with E-state index >= 15 is 0 Å². The zero-order valence-corrected chi connectivity index (χ0v) is 22.1. The maximum atomic E-state index is 12.4. The number of para-hydroxylation sites is 2. The lowest BCUT2D eigenvalue weighted by Gasteiger charge is -2.07. The van der Waals surface area contributed by atoms with Gasteiger partial charge in [0.2, 0.25) is 0 Å². The van der Waals surface area contributed by atoms with Crippen molar-refractivity contribution >= 4 is 35.7 Å². The first kappa shape index (κ1) is 27.5. The van der Waals surface area contributed by atoms with Gasteiger partial charge in [-0.2, -0.15) is 0 Å². The van der Waals surface area contributed by atoms with Crippen molar-refractivity contribution < 1.29 is 29.3 Å². The topological polar surface area (TPSA) is 118 Å². The second-order valence-corrected chi connectivity index (χ2v) is 8.96. The number of aromatic hydroxyl groups is 2. The van der Waals surface area contributed by atoms with Crippen LogP contribution in [0.4, 0.5) is 11.4 Å². The predicted molar refractivity (Wildman–Crippen MR) is 160 cm³/mol. The summed E-state index contributed by atoms with van der Waals surface area (Å²) in [6.07, 6.45) is 2.87. The number of aliphatic imine (C=N–C) groups is 2. The molecular formula is C34H24N2O6. The van der Waals surface area contributed by atoms with E-state index in [4.69, 9.17) is 9.47 Å². The first-order chi connectivity index (χ1) is 20.5. The van der Waals surface area contributed by atoms with Crippen LogP contribution in [-0.2, 0) is 0 Å². The number of esters is 2. The van der Waals surface area contributed by atoms with Gasteiger partial charge in [0, 0.05) is 23.6 Å². The lowest BCUT2D eigenvalue weighted by atomic mass is 10.2. The number of benzene rings is 5. The molecule has 0 aromatic heterocycles. The van der Waals surface area contributed by atoms with Crippen molar-refractivity contribution in [2.45, 2.75) is 0 Å². The molecule has 8 nitrogen and oxygen atoms in total. The van der Waals surface area contributed by atoms with Crippen molar-refractivity contribution in [3.8, 4) is 23.0 Å². The van der Waals surface area contributed by atoms with Crippen molar-refractivity contribution in [3.05, 3.63) is 144 Å². The maximum absolute atomic E-state index is 12.4. The number of ether oxygens (including phenoxy) is 2. The van der Waals surface area contributed by atoms with Gasteiger partial charge in [-0.05, 0) is 72.8 Å². The van der Waals surface area contributed by atoms with Gasteiger partial charge in [0.15, 0.2) is 0 Å². The lowest BCUT2D eigenvalue weighted by molar-refractivity contribution is 0.0725. The first-order valence-electron chi connectivity index (χ1n) is 12.8. The van der Waals surface area contributed by atoms with Crippen molar-refractivity contribution in [2.24, 2.45) is 9.98 Å². The third-order valence-electron chi connectivity index (χ3n) is 6.01. The van der Waals surface area contributed by atoms with Crippen LogP contribution in [0.25, 0.3) is 0 Å². The third-order valence-corrected chi connectivity index (χ3v) is 6.01. The number of phenols is 2. The Kier molecular flexibility index (Phi) is 8.45. The van der Waals surface area contributed by atoms with Gasteiger partial charge in [0.25, 0.3) is 0 Å². The molecule has 8 heteroatoms. The molecule has 0 amide bonds. The standard InChI is InChI=1S/C34H24N2O6/c37-31-17-15-27(41-33(39)23-9-3-1-4-10-23)19-25(31)21-35-29-13-7-8-14-30(29)36-22-26-20-28(16-18-32(26)38)42-34(40)24-11-5-2-6-12-24/h1-22,37-38H. The third kappa shape index (κ3) is 6.94. The predicted octanol–water partition coefficient (Wildman–Crippen LogP) is 7.04. The van der Waals surface area contributed by atoms with Gasteiger partial charge < -0.3 is 19.7 Å². The summed E-state index contributed by atoms with van der Waals surface area (Å²) >= 11 is 0. The van der Waals surface area contributed by atoms with Crippen molar-refractivity contribution in [1.82, 2.24) is 0 Å². The van der Waals surface area contributed by atoms with E-state index in [1.54, 1.807) is 84.9 Å². The van der Waals surface area contributed by atoms with Crippen molar-refractivity contribution in [2.75, 3.05) is 0 Å². The number of phenolic OH excluding ortho intramolecular Hbond substituents is 2. The molecule has 0 saturated heterocycles. The maximum Gasteiger partial charge on any atom is 0.343 e. The summed E-state index contributed by atoms with van der Waals surface area (Å²) in [6, 6.07) is 33.0. The lowest BCUT2D eigenvalue weighted by Crippen LogP contribution is -2.08. The average Bonchev–Trinajstić information content (AvgIpc) is 3.02. The molecule has 0 aliphatic carbocycles. The molecule has 206 valence electrons. The minimum atomic E-state index is -0.522. The highest BCUT2D eigenvalue weighted by Crippen LogP contribution is 2.30. The number of carbonyl (C=O) groups is 2. The van der Waals surface area contributed by atoms with Crippen LogP contribution >= 0.6 is 0 Å². The van der Waals surface area contributed by atoms with Crippen molar-refractivity contribution in [1.29, 1.82) is 0 Å². The summed E-state index contributed by atoms with van der Waals surface area (Å²) in [4.78, 5) is 33.8. The van der Waals surface area contributed by atoms with Crippen LogP contribution in [0.2, 0.25) is 0 Å². The zero-order valence-electron chi connectivity index (χ0n) is 22.1. The molecule has 0 fully saturated rings. The minimum absolute atomic E-state index is 0.0500. The van der Waals surface area contributed by atoms with E-state index in [0.29, 0.717) is 33.6 Å². The van der Waals surface area contributed by atoms with E-state index in [1.807, 2.05) is 0 Å². The molecule has 2 N–H and O–H groups in total. The van der Waals surface area contributed by atoms with Crippen LogP contribution in [0.15, 0.2) is 131 Å². The van der Waals surface area contributed by atoms with Gasteiger partial charge in [0.05, 0.1) is 22.5 Å². The Labute approximate surface area is 241 Å². The van der Waals surface area contributed by atoms with E-state index in [1.165, 1.54) is 48.8 Å². The molecule has 5 rings (SSSR count). The summed E-state index contributed by atoms with van der Waals surface area (Å²) in [6.45, 7) is 0. The molecule has 0 atom stereocenters. The Balaban J connectivity index is 1.33. The number of hydrogen-bond acceptors (Lipinski definition) is 8. The average molecular weight is 557 g/mol. The van der Waals surface area contributed by atoms with Crippen LogP contribution in [0.3, 0.4) is 0 Å². The van der Waals surface area contributed by atoms with E-state index in [9.17, 15) is 19.8 Å². The number of carbonyl (C=O) groups excluding carboxylic acids is 2. The normalized spacial score (nSPS) is 11.0. The SMILES string of the molecule is O=C(Oc1ccc(O)c(C=Nc2ccccc2N=Cc2cc(OC(=O)c3ccccc3)ccc2O)c1)c1ccccc1. The summed E-state index contributed by atoms with van der Waals surface area (Å²) in [5.74, 6) is -0.649. The van der Waals surface area contributed by atoms with Gasteiger partial charge in [-0.3, -0.25) is 9.98 Å². The fourth-order valence-electron chi connectivity index (χ4n) is 3.84. The Morgan fingerprint density at radius 3 is 1.31 bits per heavy atom. The summed E-state index contributed by atoms with van der Waals surface area (Å²) in [5, 5.41) is 20.7. The van der Waals surface area contributed by atoms with Crippen LogP contribution in [0.5, 0.6) is 23.0 Å². The highest BCUT2D eigenvalue weighted by Gasteiger charge is 2.11. The quantitative estimate of drug-likeness (QED) is 0.120. The van der Waals surface area contributed by atoms with Crippen LogP contribution in [0.1, 0.15) is 31.8 Å². The molecule has 0 aliphatic rings. The second-order valence-electron chi connectivity index (χ2n) is 8.96. The molecule has 0 spiro atoms.